The van der Waals surface area contributed by atoms with Crippen LogP contribution in [-0.4, -0.2) is 24.2 Å². The Balaban J connectivity index is 2.53. The first-order chi connectivity index (χ1) is 9.88. The number of aliphatic hydroxyl groups is 1. The van der Waals surface area contributed by atoms with Gasteiger partial charge in [-0.25, -0.2) is 0 Å². The monoisotopic (exact) mass is 291 g/mol. The third kappa shape index (κ3) is 6.30. The summed E-state index contributed by atoms with van der Waals surface area (Å²) in [6, 6.07) is 8.43. The molecule has 1 aromatic carbocycles. The molecule has 0 aliphatic heterocycles. The lowest BCUT2D eigenvalue weighted by molar-refractivity contribution is -0.122. The number of amides is 1. The number of hydrogen-bond acceptors (Lipinski definition) is 2. The number of aryl methyl sites for hydroxylation is 1. The van der Waals surface area contributed by atoms with Gasteiger partial charge in [0, 0.05) is 19.6 Å². The van der Waals surface area contributed by atoms with Gasteiger partial charge < -0.3 is 10.4 Å². The number of nitrogens with one attached hydrogen (secondary N) is 1. The minimum absolute atomic E-state index is 0.0595. The summed E-state index contributed by atoms with van der Waals surface area (Å²) in [6.45, 7) is 9.07. The highest BCUT2D eigenvalue weighted by Crippen LogP contribution is 2.24. The molecule has 0 fully saturated rings. The first kappa shape index (κ1) is 17.7. The van der Waals surface area contributed by atoms with E-state index in [2.05, 4.69) is 57.3 Å². The number of carbonyl (C=O) groups excluding carboxylic acids is 1. The predicted octanol–water partition coefficient (Wildman–Crippen LogP) is 3.40. The highest BCUT2D eigenvalue weighted by Gasteiger charge is 2.20. The number of rotatable bonds is 8. The highest BCUT2D eigenvalue weighted by atomic mass is 16.3. The van der Waals surface area contributed by atoms with Crippen LogP contribution in [0.2, 0.25) is 0 Å². The Morgan fingerprint density at radius 3 is 2.43 bits per heavy atom. The van der Waals surface area contributed by atoms with Crippen LogP contribution in [0.25, 0.3) is 0 Å². The molecule has 1 amide bonds. The van der Waals surface area contributed by atoms with Crippen molar-refractivity contribution in [3.05, 3.63) is 35.4 Å². The van der Waals surface area contributed by atoms with Gasteiger partial charge >= 0.3 is 0 Å². The van der Waals surface area contributed by atoms with Crippen molar-refractivity contribution in [2.75, 3.05) is 13.2 Å². The van der Waals surface area contributed by atoms with Crippen molar-refractivity contribution >= 4 is 5.91 Å². The van der Waals surface area contributed by atoms with E-state index in [1.807, 2.05) is 0 Å². The molecule has 21 heavy (non-hydrogen) atoms. The molecule has 0 saturated heterocycles. The first-order valence-corrected chi connectivity index (χ1v) is 7.82. The van der Waals surface area contributed by atoms with Gasteiger partial charge in [-0.2, -0.15) is 0 Å². The zero-order valence-electron chi connectivity index (χ0n) is 13.8. The van der Waals surface area contributed by atoms with Gasteiger partial charge in [-0.05, 0) is 36.7 Å². The van der Waals surface area contributed by atoms with Crippen LogP contribution in [0, 0.1) is 12.3 Å². The van der Waals surface area contributed by atoms with Crippen molar-refractivity contribution in [3.63, 3.8) is 0 Å². The molecule has 1 unspecified atom stereocenters. The van der Waals surface area contributed by atoms with Gasteiger partial charge in [-0.3, -0.25) is 4.79 Å². The second-order valence-corrected chi connectivity index (χ2v) is 6.63. The average molecular weight is 291 g/mol. The molecule has 118 valence electrons. The zero-order valence-corrected chi connectivity index (χ0v) is 13.8. The van der Waals surface area contributed by atoms with Gasteiger partial charge in [0.15, 0.2) is 0 Å². The minimum atomic E-state index is -0.0595. The lowest BCUT2D eigenvalue weighted by atomic mass is 9.89. The Kier molecular flexibility index (Phi) is 6.90. The second-order valence-electron chi connectivity index (χ2n) is 6.63. The van der Waals surface area contributed by atoms with E-state index in [-0.39, 0.29) is 23.8 Å². The van der Waals surface area contributed by atoms with Crippen LogP contribution in [0.5, 0.6) is 0 Å². The Labute approximate surface area is 128 Å². The molecule has 2 N–H and O–H groups in total. The summed E-state index contributed by atoms with van der Waals surface area (Å²) >= 11 is 0. The molecule has 0 heterocycles. The van der Waals surface area contributed by atoms with Crippen molar-refractivity contribution in [3.8, 4) is 0 Å². The Bertz CT molecular complexity index is 437. The van der Waals surface area contributed by atoms with Crippen LogP contribution in [0.1, 0.15) is 57.1 Å². The van der Waals surface area contributed by atoms with Gasteiger partial charge in [0.25, 0.3) is 0 Å². The molecule has 0 aliphatic carbocycles. The molecule has 0 spiro atoms. The van der Waals surface area contributed by atoms with E-state index in [9.17, 15) is 4.79 Å². The summed E-state index contributed by atoms with van der Waals surface area (Å²) in [4.78, 5) is 12.1. The summed E-state index contributed by atoms with van der Waals surface area (Å²) in [6.07, 6.45) is 2.17. The van der Waals surface area contributed by atoms with E-state index in [0.717, 1.165) is 6.42 Å². The number of carbonyl (C=O) groups is 1. The standard InChI is InChI=1S/C18H29NO2/c1-5-15(16-8-6-14(2)7-9-16)12-17(21)19-13-18(3,4)10-11-20/h6-9,15,20H,5,10-13H2,1-4H3,(H,19,21). The number of hydrogen-bond donors (Lipinski definition) is 2. The molecule has 3 heteroatoms. The third-order valence-corrected chi connectivity index (χ3v) is 4.03. The van der Waals surface area contributed by atoms with Gasteiger partial charge in [0.2, 0.25) is 5.91 Å². The van der Waals surface area contributed by atoms with Crippen molar-refractivity contribution in [2.45, 2.75) is 52.9 Å². The molecule has 1 rings (SSSR count). The summed E-state index contributed by atoms with van der Waals surface area (Å²) in [5.74, 6) is 0.361. The topological polar surface area (TPSA) is 49.3 Å². The molecule has 0 aliphatic rings. The van der Waals surface area contributed by atoms with E-state index in [1.165, 1.54) is 11.1 Å². The van der Waals surface area contributed by atoms with Crippen molar-refractivity contribution in [1.82, 2.24) is 5.32 Å². The lowest BCUT2D eigenvalue weighted by Gasteiger charge is -2.24. The number of aliphatic hydroxyl groups excluding tert-OH is 1. The fraction of sp³-hybridized carbons (Fsp3) is 0.611. The van der Waals surface area contributed by atoms with Gasteiger partial charge in [-0.1, -0.05) is 50.6 Å². The van der Waals surface area contributed by atoms with E-state index < -0.39 is 0 Å². The van der Waals surface area contributed by atoms with Crippen molar-refractivity contribution in [1.29, 1.82) is 0 Å². The fourth-order valence-corrected chi connectivity index (χ4v) is 2.36. The van der Waals surface area contributed by atoms with Crippen molar-refractivity contribution < 1.29 is 9.90 Å². The fourth-order valence-electron chi connectivity index (χ4n) is 2.36. The molecule has 1 aromatic rings. The zero-order chi connectivity index (χ0) is 15.9. The summed E-state index contributed by atoms with van der Waals surface area (Å²) in [7, 11) is 0. The molecule has 0 radical (unpaired) electrons. The maximum atomic E-state index is 12.1. The molecule has 0 saturated carbocycles. The lowest BCUT2D eigenvalue weighted by Crippen LogP contribution is -2.35. The largest absolute Gasteiger partial charge is 0.396 e. The van der Waals surface area contributed by atoms with Crippen LogP contribution in [0.15, 0.2) is 24.3 Å². The summed E-state index contributed by atoms with van der Waals surface area (Å²) in [5.41, 5.74) is 2.41. The molecule has 3 nitrogen and oxygen atoms in total. The molecular weight excluding hydrogens is 262 g/mol. The number of benzene rings is 1. The molecule has 0 aromatic heterocycles. The second kappa shape index (κ2) is 8.18. The predicted molar refractivity (Wildman–Crippen MR) is 87.3 cm³/mol. The van der Waals surface area contributed by atoms with Gasteiger partial charge in [0.1, 0.15) is 0 Å². The Hall–Kier alpha value is -1.35. The summed E-state index contributed by atoms with van der Waals surface area (Å²) in [5, 5.41) is 12.0. The van der Waals surface area contributed by atoms with E-state index in [4.69, 9.17) is 5.11 Å². The Morgan fingerprint density at radius 2 is 1.90 bits per heavy atom. The van der Waals surface area contributed by atoms with Crippen LogP contribution in [0.3, 0.4) is 0 Å². The van der Waals surface area contributed by atoms with E-state index in [1.54, 1.807) is 0 Å². The third-order valence-electron chi connectivity index (χ3n) is 4.03. The van der Waals surface area contributed by atoms with Crippen molar-refractivity contribution in [2.24, 2.45) is 5.41 Å². The first-order valence-electron chi connectivity index (χ1n) is 7.82. The highest BCUT2D eigenvalue weighted by molar-refractivity contribution is 5.76. The Morgan fingerprint density at radius 1 is 1.29 bits per heavy atom. The maximum Gasteiger partial charge on any atom is 0.220 e. The van der Waals surface area contributed by atoms with E-state index in [0.29, 0.717) is 19.4 Å². The van der Waals surface area contributed by atoms with Gasteiger partial charge in [-0.15, -0.1) is 0 Å². The molecule has 0 bridgehead atoms. The SMILES string of the molecule is CCC(CC(=O)NCC(C)(C)CCO)c1ccc(C)cc1. The van der Waals surface area contributed by atoms with Crippen LogP contribution in [0.4, 0.5) is 0 Å². The van der Waals surface area contributed by atoms with E-state index >= 15 is 0 Å². The average Bonchev–Trinajstić information content (AvgIpc) is 2.44. The quantitative estimate of drug-likeness (QED) is 0.771. The normalized spacial score (nSPS) is 13.0. The van der Waals surface area contributed by atoms with Crippen LogP contribution >= 0.6 is 0 Å². The van der Waals surface area contributed by atoms with Crippen LogP contribution < -0.4 is 5.32 Å². The maximum absolute atomic E-state index is 12.1. The minimum Gasteiger partial charge on any atom is -0.396 e. The van der Waals surface area contributed by atoms with Gasteiger partial charge in [0.05, 0.1) is 0 Å². The smallest absolute Gasteiger partial charge is 0.220 e. The molecular formula is C18H29NO2. The molecule has 1 atom stereocenters. The van der Waals surface area contributed by atoms with Crippen LogP contribution in [-0.2, 0) is 4.79 Å². The summed E-state index contributed by atoms with van der Waals surface area (Å²) < 4.78 is 0.